The largest absolute Gasteiger partial charge is 0.400 e. The fraction of sp³-hybridized carbons (Fsp3) is 1.00. The molecule has 5 heteroatoms. The normalized spacial score (nSPS) is 12.5. The molecule has 0 heterocycles. The minimum Gasteiger partial charge on any atom is -0.252 e. The standard InChI is InChI=1S/C26H54O4S/c1-5-8-11-14-17-20-23-26(30-31(27,28)29-4,24-21-18-15-12-9-6-2)25-22-19-16-13-10-7-3/h5-25H2,1-4H3. The van der Waals surface area contributed by atoms with Gasteiger partial charge in [0.15, 0.2) is 0 Å². The van der Waals surface area contributed by atoms with Gasteiger partial charge in [-0.25, -0.2) is 4.18 Å². The van der Waals surface area contributed by atoms with E-state index in [0.717, 1.165) is 57.8 Å². The van der Waals surface area contributed by atoms with Crippen LogP contribution >= 0.6 is 0 Å². The van der Waals surface area contributed by atoms with E-state index in [1.807, 2.05) is 0 Å². The van der Waals surface area contributed by atoms with Crippen molar-refractivity contribution >= 4 is 10.4 Å². The summed E-state index contributed by atoms with van der Waals surface area (Å²) in [5.41, 5.74) is -0.588. The molecule has 0 radical (unpaired) electrons. The fourth-order valence-electron chi connectivity index (χ4n) is 4.43. The van der Waals surface area contributed by atoms with Crippen molar-refractivity contribution < 1.29 is 16.8 Å². The molecular weight excluding hydrogens is 408 g/mol. The molecule has 0 saturated heterocycles. The lowest BCUT2D eigenvalue weighted by atomic mass is 9.85. The summed E-state index contributed by atoms with van der Waals surface area (Å²) in [7, 11) is -2.72. The molecule has 0 fully saturated rings. The van der Waals surface area contributed by atoms with Gasteiger partial charge < -0.3 is 0 Å². The number of unbranched alkanes of at least 4 members (excludes halogenated alkanes) is 15. The van der Waals surface area contributed by atoms with E-state index in [0.29, 0.717) is 0 Å². The maximum absolute atomic E-state index is 12.3. The Morgan fingerprint density at radius 3 is 1.10 bits per heavy atom. The minimum absolute atomic E-state index is 0.588. The maximum atomic E-state index is 12.3. The Balaban J connectivity index is 4.93. The molecule has 0 aliphatic carbocycles. The van der Waals surface area contributed by atoms with Crippen molar-refractivity contribution in [2.24, 2.45) is 0 Å². The van der Waals surface area contributed by atoms with Crippen molar-refractivity contribution in [3.63, 3.8) is 0 Å². The highest BCUT2D eigenvalue weighted by Crippen LogP contribution is 2.34. The Bertz CT molecular complexity index is 435. The van der Waals surface area contributed by atoms with Gasteiger partial charge in [-0.2, -0.15) is 8.42 Å². The van der Waals surface area contributed by atoms with Crippen LogP contribution in [-0.4, -0.2) is 21.1 Å². The lowest BCUT2D eigenvalue weighted by Crippen LogP contribution is -2.36. The molecule has 31 heavy (non-hydrogen) atoms. The molecule has 0 aromatic carbocycles. The smallest absolute Gasteiger partial charge is 0.252 e. The first-order valence-corrected chi connectivity index (χ1v) is 14.8. The third-order valence-corrected chi connectivity index (χ3v) is 7.41. The molecule has 0 N–H and O–H groups in total. The number of hydrogen-bond acceptors (Lipinski definition) is 4. The summed E-state index contributed by atoms with van der Waals surface area (Å²) in [5, 5.41) is 0. The monoisotopic (exact) mass is 462 g/mol. The average Bonchev–Trinajstić information content (AvgIpc) is 2.75. The van der Waals surface area contributed by atoms with E-state index >= 15 is 0 Å². The first kappa shape index (κ1) is 30.9. The lowest BCUT2D eigenvalue weighted by molar-refractivity contribution is 0.0253. The predicted molar refractivity (Wildman–Crippen MR) is 134 cm³/mol. The van der Waals surface area contributed by atoms with Crippen molar-refractivity contribution in [3.8, 4) is 0 Å². The van der Waals surface area contributed by atoms with E-state index in [4.69, 9.17) is 8.37 Å². The Kier molecular flexibility index (Phi) is 20.4. The van der Waals surface area contributed by atoms with Gasteiger partial charge in [-0.3, -0.25) is 4.18 Å². The first-order chi connectivity index (χ1) is 14.9. The third kappa shape index (κ3) is 18.0. The molecule has 0 saturated carbocycles. The van der Waals surface area contributed by atoms with Crippen LogP contribution in [0.5, 0.6) is 0 Å². The molecule has 0 bridgehead atoms. The van der Waals surface area contributed by atoms with E-state index in [1.54, 1.807) is 0 Å². The van der Waals surface area contributed by atoms with Crippen LogP contribution < -0.4 is 0 Å². The summed E-state index contributed by atoms with van der Waals surface area (Å²) >= 11 is 0. The second kappa shape index (κ2) is 20.5. The van der Waals surface area contributed by atoms with Crippen LogP contribution in [0.3, 0.4) is 0 Å². The van der Waals surface area contributed by atoms with Crippen LogP contribution in [0.4, 0.5) is 0 Å². The molecular formula is C26H54O4S. The molecule has 0 aliphatic heterocycles. The second-order valence-electron chi connectivity index (χ2n) is 9.39. The zero-order valence-electron chi connectivity index (χ0n) is 21.4. The van der Waals surface area contributed by atoms with Crippen LogP contribution in [0.25, 0.3) is 0 Å². The topological polar surface area (TPSA) is 52.6 Å². The van der Waals surface area contributed by atoms with E-state index in [2.05, 4.69) is 20.8 Å². The van der Waals surface area contributed by atoms with Crippen molar-refractivity contribution in [2.75, 3.05) is 7.11 Å². The summed E-state index contributed by atoms with van der Waals surface area (Å²) in [6, 6.07) is 0. The molecule has 4 nitrogen and oxygen atoms in total. The summed E-state index contributed by atoms with van der Waals surface area (Å²) < 4.78 is 35.1. The van der Waals surface area contributed by atoms with Crippen LogP contribution in [0.1, 0.15) is 156 Å². The lowest BCUT2D eigenvalue weighted by Gasteiger charge is -2.33. The van der Waals surface area contributed by atoms with Crippen molar-refractivity contribution in [3.05, 3.63) is 0 Å². The summed E-state index contributed by atoms with van der Waals surface area (Å²) in [5.74, 6) is 0. The van der Waals surface area contributed by atoms with Gasteiger partial charge in [0.1, 0.15) is 0 Å². The van der Waals surface area contributed by atoms with Gasteiger partial charge in [-0.05, 0) is 19.3 Å². The number of hydrogen-bond donors (Lipinski definition) is 0. The molecule has 0 aliphatic rings. The van der Waals surface area contributed by atoms with Gasteiger partial charge in [0.05, 0.1) is 12.7 Å². The van der Waals surface area contributed by atoms with Crippen molar-refractivity contribution in [1.29, 1.82) is 0 Å². The zero-order valence-corrected chi connectivity index (χ0v) is 22.2. The Morgan fingerprint density at radius 2 is 0.806 bits per heavy atom. The zero-order chi connectivity index (χ0) is 23.3. The highest BCUT2D eigenvalue weighted by molar-refractivity contribution is 7.81. The quantitative estimate of drug-likeness (QED) is 0.134. The van der Waals surface area contributed by atoms with Crippen molar-refractivity contribution in [2.45, 2.75) is 161 Å². The van der Waals surface area contributed by atoms with Gasteiger partial charge in [-0.1, -0.05) is 136 Å². The Labute approximate surface area is 195 Å². The SMILES string of the molecule is CCCCCCCCC(CCCCCCCC)(CCCCCCCC)OS(=O)(=O)OC. The number of rotatable bonds is 24. The summed E-state index contributed by atoms with van der Waals surface area (Å²) in [6.07, 6.45) is 24.2. The van der Waals surface area contributed by atoms with Gasteiger partial charge in [0, 0.05) is 0 Å². The second-order valence-corrected chi connectivity index (χ2v) is 10.7. The van der Waals surface area contributed by atoms with Gasteiger partial charge in [0.2, 0.25) is 0 Å². The Hall–Kier alpha value is -0.130. The van der Waals surface area contributed by atoms with Crippen LogP contribution in [-0.2, 0) is 18.8 Å². The fourth-order valence-corrected chi connectivity index (χ4v) is 5.18. The molecule has 0 unspecified atom stereocenters. The van der Waals surface area contributed by atoms with Gasteiger partial charge in [-0.15, -0.1) is 0 Å². The van der Waals surface area contributed by atoms with Gasteiger partial charge in [0.25, 0.3) is 0 Å². The molecule has 0 rings (SSSR count). The van der Waals surface area contributed by atoms with E-state index in [9.17, 15) is 8.42 Å². The minimum atomic E-state index is -3.93. The van der Waals surface area contributed by atoms with Crippen LogP contribution in [0, 0.1) is 0 Å². The molecule has 0 spiro atoms. The highest BCUT2D eigenvalue weighted by atomic mass is 32.3. The van der Waals surface area contributed by atoms with Crippen molar-refractivity contribution in [1.82, 2.24) is 0 Å². The third-order valence-electron chi connectivity index (χ3n) is 6.44. The molecule has 0 aromatic rings. The van der Waals surface area contributed by atoms with Crippen LogP contribution in [0.15, 0.2) is 0 Å². The molecule has 0 amide bonds. The van der Waals surface area contributed by atoms with Gasteiger partial charge >= 0.3 is 10.4 Å². The van der Waals surface area contributed by atoms with E-state index < -0.39 is 16.0 Å². The average molecular weight is 463 g/mol. The van der Waals surface area contributed by atoms with E-state index in [-0.39, 0.29) is 0 Å². The van der Waals surface area contributed by atoms with Crippen LogP contribution in [0.2, 0.25) is 0 Å². The molecule has 188 valence electrons. The molecule has 0 atom stereocenters. The van der Waals surface area contributed by atoms with E-state index in [1.165, 1.54) is 84.2 Å². The summed E-state index contributed by atoms with van der Waals surface area (Å²) in [6.45, 7) is 6.69. The predicted octanol–water partition coefficient (Wildman–Crippen LogP) is 8.88. The molecule has 0 aromatic heterocycles. The highest BCUT2D eigenvalue weighted by Gasteiger charge is 2.35. The first-order valence-electron chi connectivity index (χ1n) is 13.5. The Morgan fingerprint density at radius 1 is 0.516 bits per heavy atom. The maximum Gasteiger partial charge on any atom is 0.400 e. The summed E-state index contributed by atoms with van der Waals surface area (Å²) in [4.78, 5) is 0.